The lowest BCUT2D eigenvalue weighted by Crippen LogP contribution is -2.37. The molecule has 1 aromatic rings. The monoisotopic (exact) mass is 403 g/mol. The van der Waals surface area contributed by atoms with Gasteiger partial charge in [-0.15, -0.1) is 0 Å². The van der Waals surface area contributed by atoms with Crippen LogP contribution in [0.4, 0.5) is 20.6 Å². The quantitative estimate of drug-likeness (QED) is 0.696. The first kappa shape index (κ1) is 20.2. The molecule has 3 N–H and O–H groups in total. The van der Waals surface area contributed by atoms with Gasteiger partial charge in [0, 0.05) is 10.5 Å². The lowest BCUT2D eigenvalue weighted by molar-refractivity contribution is -0.115. The first-order chi connectivity index (χ1) is 11.0. The summed E-state index contributed by atoms with van der Waals surface area (Å²) in [5.74, 6) is -1.15. The average Bonchev–Trinajstić information content (AvgIpc) is 2.37. The second-order valence-corrected chi connectivity index (χ2v) is 7.43. The van der Waals surface area contributed by atoms with Gasteiger partial charge in [-0.1, -0.05) is 15.9 Å². The number of carbonyl (C=O) groups is 2. The van der Waals surface area contributed by atoms with Crippen LogP contribution in [-0.2, 0) is 9.53 Å². The van der Waals surface area contributed by atoms with Crippen LogP contribution in [0.15, 0.2) is 16.6 Å². The van der Waals surface area contributed by atoms with E-state index in [-0.39, 0.29) is 18.3 Å². The van der Waals surface area contributed by atoms with E-state index in [9.17, 15) is 14.0 Å². The summed E-state index contributed by atoms with van der Waals surface area (Å²) in [5, 5.41) is 7.85. The second-order valence-electron chi connectivity index (χ2n) is 6.51. The first-order valence-electron chi connectivity index (χ1n) is 7.50. The number of alkyl carbamates (subject to hydrolysis) is 1. The maximum Gasteiger partial charge on any atom is 0.408 e. The predicted octanol–water partition coefficient (Wildman–Crippen LogP) is 3.87. The maximum absolute atomic E-state index is 14.1. The SMILES string of the molecule is CC(C)Nc1cc(Br)cc(F)c1NC(=O)CNC(=O)OC(C)(C)C. The Morgan fingerprint density at radius 1 is 1.29 bits per heavy atom. The smallest absolute Gasteiger partial charge is 0.408 e. The molecular formula is C16H23BrFN3O3. The Labute approximate surface area is 149 Å². The molecule has 134 valence electrons. The summed E-state index contributed by atoms with van der Waals surface area (Å²) in [6.07, 6.45) is -0.713. The molecule has 2 amide bonds. The number of halogens is 2. The van der Waals surface area contributed by atoms with Gasteiger partial charge in [0.1, 0.15) is 23.7 Å². The molecule has 0 heterocycles. The van der Waals surface area contributed by atoms with Crippen molar-refractivity contribution in [1.29, 1.82) is 0 Å². The third-order valence-corrected chi connectivity index (χ3v) is 3.01. The van der Waals surface area contributed by atoms with E-state index in [1.807, 2.05) is 13.8 Å². The van der Waals surface area contributed by atoms with Crippen LogP contribution in [0.25, 0.3) is 0 Å². The fraction of sp³-hybridized carbons (Fsp3) is 0.500. The standard InChI is InChI=1S/C16H23BrFN3O3/c1-9(2)20-12-7-10(17)6-11(18)14(12)21-13(22)8-19-15(23)24-16(3,4)5/h6-7,9,20H,8H2,1-5H3,(H,19,23)(H,21,22). The Balaban J connectivity index is 2.75. The molecule has 0 fully saturated rings. The Kier molecular flexibility index (Phi) is 7.01. The van der Waals surface area contributed by atoms with Gasteiger partial charge in [-0.05, 0) is 46.8 Å². The molecule has 8 heteroatoms. The van der Waals surface area contributed by atoms with E-state index in [1.165, 1.54) is 6.07 Å². The molecule has 0 saturated heterocycles. The molecule has 0 unspecified atom stereocenters. The minimum Gasteiger partial charge on any atom is -0.444 e. The van der Waals surface area contributed by atoms with Crippen LogP contribution < -0.4 is 16.0 Å². The Hall–Kier alpha value is -1.83. The predicted molar refractivity (Wildman–Crippen MR) is 95.7 cm³/mol. The van der Waals surface area contributed by atoms with Crippen molar-refractivity contribution < 1.29 is 18.7 Å². The van der Waals surface area contributed by atoms with Crippen LogP contribution in [-0.4, -0.2) is 30.2 Å². The van der Waals surface area contributed by atoms with Crippen molar-refractivity contribution in [1.82, 2.24) is 5.32 Å². The van der Waals surface area contributed by atoms with Crippen LogP contribution in [0.2, 0.25) is 0 Å². The van der Waals surface area contributed by atoms with Crippen LogP contribution in [0, 0.1) is 5.82 Å². The van der Waals surface area contributed by atoms with Crippen LogP contribution in [0.3, 0.4) is 0 Å². The van der Waals surface area contributed by atoms with E-state index in [1.54, 1.807) is 26.8 Å². The van der Waals surface area contributed by atoms with Crippen molar-refractivity contribution in [3.8, 4) is 0 Å². The first-order valence-corrected chi connectivity index (χ1v) is 8.29. The number of amides is 2. The average molecular weight is 404 g/mol. The number of nitrogens with one attached hydrogen (secondary N) is 3. The van der Waals surface area contributed by atoms with Gasteiger partial charge in [0.2, 0.25) is 5.91 Å². The Morgan fingerprint density at radius 2 is 1.92 bits per heavy atom. The molecule has 0 bridgehead atoms. The van der Waals surface area contributed by atoms with E-state index in [2.05, 4.69) is 31.9 Å². The molecule has 0 spiro atoms. The zero-order valence-electron chi connectivity index (χ0n) is 14.4. The summed E-state index contributed by atoms with van der Waals surface area (Å²) in [6.45, 7) is 8.61. The zero-order chi connectivity index (χ0) is 18.5. The van der Waals surface area contributed by atoms with E-state index in [4.69, 9.17) is 4.74 Å². The van der Waals surface area contributed by atoms with Gasteiger partial charge in [0.05, 0.1) is 5.69 Å². The summed E-state index contributed by atoms with van der Waals surface area (Å²) in [6, 6.07) is 2.97. The summed E-state index contributed by atoms with van der Waals surface area (Å²) < 4.78 is 19.7. The summed E-state index contributed by atoms with van der Waals surface area (Å²) >= 11 is 3.21. The van der Waals surface area contributed by atoms with Crippen molar-refractivity contribution >= 4 is 39.3 Å². The van der Waals surface area contributed by atoms with Crippen molar-refractivity contribution in [3.05, 3.63) is 22.4 Å². The fourth-order valence-electron chi connectivity index (χ4n) is 1.78. The zero-order valence-corrected chi connectivity index (χ0v) is 16.0. The van der Waals surface area contributed by atoms with E-state index in [0.717, 1.165) is 0 Å². The lowest BCUT2D eigenvalue weighted by atomic mass is 10.2. The number of rotatable bonds is 5. The summed E-state index contributed by atoms with van der Waals surface area (Å²) in [7, 11) is 0. The van der Waals surface area contributed by atoms with Gasteiger partial charge >= 0.3 is 6.09 Å². The molecule has 0 atom stereocenters. The van der Waals surface area contributed by atoms with Crippen LogP contribution in [0.5, 0.6) is 0 Å². The Bertz CT molecular complexity index is 615. The maximum atomic E-state index is 14.1. The minimum atomic E-state index is -0.713. The number of hydrogen-bond acceptors (Lipinski definition) is 4. The van der Waals surface area contributed by atoms with Crippen LogP contribution >= 0.6 is 15.9 Å². The molecule has 0 radical (unpaired) electrons. The van der Waals surface area contributed by atoms with Gasteiger partial charge in [-0.2, -0.15) is 0 Å². The molecular weight excluding hydrogens is 381 g/mol. The fourth-order valence-corrected chi connectivity index (χ4v) is 2.21. The highest BCUT2D eigenvalue weighted by molar-refractivity contribution is 9.10. The number of anilines is 2. The second kappa shape index (κ2) is 8.32. The topological polar surface area (TPSA) is 79.5 Å². The highest BCUT2D eigenvalue weighted by atomic mass is 79.9. The van der Waals surface area contributed by atoms with Crippen molar-refractivity contribution in [2.24, 2.45) is 0 Å². The highest BCUT2D eigenvalue weighted by Crippen LogP contribution is 2.30. The molecule has 0 aliphatic heterocycles. The molecule has 0 saturated carbocycles. The van der Waals surface area contributed by atoms with Crippen molar-refractivity contribution in [3.63, 3.8) is 0 Å². The Morgan fingerprint density at radius 3 is 2.46 bits per heavy atom. The third-order valence-electron chi connectivity index (χ3n) is 2.56. The third kappa shape index (κ3) is 7.16. The van der Waals surface area contributed by atoms with Gasteiger partial charge in [-0.25, -0.2) is 9.18 Å². The van der Waals surface area contributed by atoms with Gasteiger partial charge in [0.25, 0.3) is 0 Å². The highest BCUT2D eigenvalue weighted by Gasteiger charge is 2.18. The van der Waals surface area contributed by atoms with E-state index < -0.39 is 23.4 Å². The molecule has 1 rings (SSSR count). The normalized spacial score (nSPS) is 11.2. The number of ether oxygens (including phenoxy) is 1. The minimum absolute atomic E-state index is 0.0305. The lowest BCUT2D eigenvalue weighted by Gasteiger charge is -2.20. The molecule has 6 nitrogen and oxygen atoms in total. The molecule has 24 heavy (non-hydrogen) atoms. The summed E-state index contributed by atoms with van der Waals surface area (Å²) in [4.78, 5) is 23.5. The van der Waals surface area contributed by atoms with Crippen molar-refractivity contribution in [2.45, 2.75) is 46.3 Å². The molecule has 0 aromatic heterocycles. The van der Waals surface area contributed by atoms with Gasteiger partial charge < -0.3 is 20.7 Å². The largest absolute Gasteiger partial charge is 0.444 e. The molecule has 1 aromatic carbocycles. The van der Waals surface area contributed by atoms with E-state index in [0.29, 0.717) is 10.2 Å². The molecule has 0 aliphatic rings. The van der Waals surface area contributed by atoms with Crippen LogP contribution in [0.1, 0.15) is 34.6 Å². The van der Waals surface area contributed by atoms with Gasteiger partial charge in [0.15, 0.2) is 0 Å². The number of hydrogen-bond donors (Lipinski definition) is 3. The van der Waals surface area contributed by atoms with Gasteiger partial charge in [-0.3, -0.25) is 4.79 Å². The molecule has 0 aliphatic carbocycles. The number of benzene rings is 1. The number of carbonyl (C=O) groups excluding carboxylic acids is 2. The summed E-state index contributed by atoms with van der Waals surface area (Å²) in [5.41, 5.74) is -0.183. The van der Waals surface area contributed by atoms with Crippen molar-refractivity contribution in [2.75, 3.05) is 17.2 Å². The van der Waals surface area contributed by atoms with E-state index >= 15 is 0 Å².